The predicted octanol–water partition coefficient (Wildman–Crippen LogP) is 34.7. The highest BCUT2D eigenvalue weighted by molar-refractivity contribution is 5.24. The van der Waals surface area contributed by atoms with Crippen molar-refractivity contribution in [3.63, 3.8) is 0 Å². The lowest BCUT2D eigenvalue weighted by molar-refractivity contribution is 0.0716. The maximum atomic E-state index is 8.54. The zero-order valence-electron chi connectivity index (χ0n) is 86.2. The molecule has 10 aliphatic rings. The third-order valence-electron chi connectivity index (χ3n) is 21.6. The van der Waals surface area contributed by atoms with Gasteiger partial charge in [-0.1, -0.05) is 386 Å². The zero-order valence-corrected chi connectivity index (χ0v) is 86.2. The number of para-hydroxylation sites is 5. The van der Waals surface area contributed by atoms with E-state index in [0.29, 0.717) is 21.7 Å². The van der Waals surface area contributed by atoms with Gasteiger partial charge in [0.05, 0.1) is 48.8 Å². The van der Waals surface area contributed by atoms with Crippen molar-refractivity contribution in [3.8, 4) is 28.7 Å². The molecule has 0 aliphatic heterocycles. The molecular formula is C115H196O7. The molecule has 698 valence electrons. The lowest BCUT2D eigenvalue weighted by atomic mass is 9.64. The molecule has 7 nitrogen and oxygen atoms in total. The first kappa shape index (κ1) is 122. The van der Waals surface area contributed by atoms with Gasteiger partial charge in [-0.15, -0.1) is 0 Å². The minimum atomic E-state index is 0.140. The molecule has 0 heterocycles. The number of hydrogen-bond donors (Lipinski definition) is 2. The van der Waals surface area contributed by atoms with E-state index >= 15 is 0 Å². The zero-order chi connectivity index (χ0) is 93.9. The highest BCUT2D eigenvalue weighted by atomic mass is 16.5. The maximum Gasteiger partial charge on any atom is 0.118 e. The van der Waals surface area contributed by atoms with Crippen LogP contribution in [-0.2, 0) is 13.2 Å². The summed E-state index contributed by atoms with van der Waals surface area (Å²) in [6.07, 6.45) is 22.8. The topological polar surface area (TPSA) is 86.6 Å². The van der Waals surface area contributed by atoms with Crippen LogP contribution in [0.1, 0.15) is 323 Å². The fourth-order valence-electron chi connectivity index (χ4n) is 18.5. The number of rotatable bonds is 7. The summed E-state index contributed by atoms with van der Waals surface area (Å²) in [6.45, 7) is 67.3. The van der Waals surface area contributed by atoms with Crippen LogP contribution in [0.25, 0.3) is 0 Å². The van der Waals surface area contributed by atoms with Crippen molar-refractivity contribution < 1.29 is 33.9 Å². The monoisotopic (exact) mass is 1690 g/mol. The van der Waals surface area contributed by atoms with Crippen molar-refractivity contribution in [2.75, 3.05) is 35.5 Å². The predicted molar refractivity (Wildman–Crippen MR) is 541 cm³/mol. The molecule has 0 aromatic heterocycles. The van der Waals surface area contributed by atoms with E-state index in [2.05, 4.69) is 111 Å². The minimum Gasteiger partial charge on any atom is -0.497 e. The van der Waals surface area contributed by atoms with Gasteiger partial charge < -0.3 is 33.9 Å². The Labute approximate surface area is 758 Å². The van der Waals surface area contributed by atoms with Crippen LogP contribution in [0.15, 0.2) is 212 Å². The Morgan fingerprint density at radius 1 is 0.213 bits per heavy atom. The number of hydrogen-bond acceptors (Lipinski definition) is 7. The van der Waals surface area contributed by atoms with Crippen molar-refractivity contribution in [2.45, 2.75) is 325 Å². The Morgan fingerprint density at radius 3 is 0.467 bits per heavy atom. The fourth-order valence-corrected chi connectivity index (χ4v) is 18.5. The van der Waals surface area contributed by atoms with Crippen LogP contribution in [-0.4, -0.2) is 45.8 Å². The van der Waals surface area contributed by atoms with Crippen molar-refractivity contribution >= 4 is 0 Å². The summed E-state index contributed by atoms with van der Waals surface area (Å²) in [4.78, 5) is 0. The van der Waals surface area contributed by atoms with Crippen LogP contribution in [0.4, 0.5) is 0 Å². The molecule has 122 heavy (non-hydrogen) atoms. The van der Waals surface area contributed by atoms with E-state index in [0.717, 1.165) is 39.9 Å². The van der Waals surface area contributed by atoms with Crippen molar-refractivity contribution in [1.82, 2.24) is 0 Å². The standard InChI is InChI=1S/2C15H22.7C7H8O.4C5H12.8C2H6/c2*1-2-10-11(3-1)13-7-12(10)14-8-4-5-9(6-8)15(13)14;5*1-8-7-5-3-2-4-6-7;2*8-6-7-4-2-1-3-5-7;4*1-5(2,3)4;8*1-2/h2*8-15H,1-7H2;5*2-6H,1H3;2*1-5,8H,6H2;4*1-4H3;8*1-2H3. The van der Waals surface area contributed by atoms with Crippen LogP contribution in [0, 0.1) is 116 Å². The SMILES string of the molecule is C1CC2C(C1)C1CC2C2C3CCC(C3)C12.C1CC2C(C1)C1CC2C2C3CCC(C3)C12.CC.CC.CC.CC.CC.CC.CC.CC.CC(C)(C)C.CC(C)(C)C.CC(C)(C)C.CC(C)(C)C.COc1ccccc1.COc1ccccc1.COc1ccccc1.COc1ccccc1.COc1ccccc1.OCc1ccccc1.OCc1ccccc1. The van der Waals surface area contributed by atoms with Gasteiger partial charge in [0, 0.05) is 0 Å². The van der Waals surface area contributed by atoms with Crippen LogP contribution in [0.5, 0.6) is 28.7 Å². The van der Waals surface area contributed by atoms with E-state index < -0.39 is 0 Å². The van der Waals surface area contributed by atoms with E-state index in [1.165, 1.54) is 94.7 Å². The fraction of sp³-hybridized carbons (Fsp3) is 0.635. The van der Waals surface area contributed by atoms with Gasteiger partial charge in [0.25, 0.3) is 0 Å². The summed E-state index contributed by atoms with van der Waals surface area (Å²) in [7, 11) is 8.31. The molecule has 0 saturated heterocycles. The summed E-state index contributed by atoms with van der Waals surface area (Å²) >= 11 is 0. The normalized spacial score (nSPS) is 23.3. The van der Waals surface area contributed by atoms with Crippen LogP contribution in [0.2, 0.25) is 0 Å². The number of methoxy groups -OCH3 is 5. The minimum absolute atomic E-state index is 0.140. The molecular weight excluding hydrogens is 1490 g/mol. The molecule has 2 N–H and O–H groups in total. The molecule has 10 fully saturated rings. The quantitative estimate of drug-likeness (QED) is 0.154. The first-order chi connectivity index (χ1) is 58.4. The van der Waals surface area contributed by atoms with Gasteiger partial charge in [-0.3, -0.25) is 0 Å². The van der Waals surface area contributed by atoms with E-state index in [4.69, 9.17) is 33.9 Å². The van der Waals surface area contributed by atoms with Crippen LogP contribution >= 0.6 is 0 Å². The third-order valence-corrected chi connectivity index (χ3v) is 21.6. The average Bonchev–Trinajstić information content (AvgIpc) is 1.54. The summed E-state index contributed by atoms with van der Waals surface area (Å²) < 4.78 is 24.6. The second kappa shape index (κ2) is 72.6. The highest BCUT2D eigenvalue weighted by Gasteiger charge is 2.67. The van der Waals surface area contributed by atoms with E-state index in [1.807, 2.05) is 323 Å². The summed E-state index contributed by atoms with van der Waals surface area (Å²) in [5, 5.41) is 17.1. The molecule has 10 aliphatic carbocycles. The Bertz CT molecular complexity index is 2720. The molecule has 16 unspecified atom stereocenters. The Kier molecular flexibility index (Phi) is 72.5. The molecule has 16 atom stereocenters. The largest absolute Gasteiger partial charge is 0.497 e. The highest BCUT2D eigenvalue weighted by Crippen LogP contribution is 2.74. The van der Waals surface area contributed by atoms with Crippen molar-refractivity contribution in [2.24, 2.45) is 116 Å². The van der Waals surface area contributed by atoms with Gasteiger partial charge >= 0.3 is 0 Å². The molecule has 0 amide bonds. The molecule has 7 aromatic carbocycles. The molecule has 10 saturated carbocycles. The first-order valence-electron chi connectivity index (χ1n) is 48.6. The van der Waals surface area contributed by atoms with E-state index in [9.17, 15) is 0 Å². The molecule has 8 bridgehead atoms. The average molecular weight is 1690 g/mol. The number of benzene rings is 7. The van der Waals surface area contributed by atoms with Crippen molar-refractivity contribution in [1.29, 1.82) is 0 Å². The smallest absolute Gasteiger partial charge is 0.118 e. The third kappa shape index (κ3) is 52.4. The first-order valence-corrected chi connectivity index (χ1v) is 48.6. The van der Waals surface area contributed by atoms with Gasteiger partial charge in [0.15, 0.2) is 0 Å². The van der Waals surface area contributed by atoms with Gasteiger partial charge in [0.1, 0.15) is 28.7 Å². The Balaban J connectivity index is -0.000000619. The Morgan fingerprint density at radius 2 is 0.352 bits per heavy atom. The van der Waals surface area contributed by atoms with Crippen LogP contribution in [0.3, 0.4) is 0 Å². The molecule has 7 aromatic rings. The summed E-state index contributed by atoms with van der Waals surface area (Å²) in [5.41, 5.74) is 3.93. The number of fused-ring (bicyclic) bond motifs is 24. The lowest BCUT2D eigenvalue weighted by Crippen LogP contribution is -2.35. The molecule has 7 heteroatoms. The number of aliphatic hydroxyl groups is 2. The number of aliphatic hydroxyl groups excluding tert-OH is 2. The summed E-state index contributed by atoms with van der Waals surface area (Å²) in [6, 6.07) is 67.5. The van der Waals surface area contributed by atoms with Gasteiger partial charge in [-0.05, 0) is 265 Å². The molecule has 17 rings (SSSR count). The lowest BCUT2D eigenvalue weighted by Gasteiger charge is -2.40. The van der Waals surface area contributed by atoms with Gasteiger partial charge in [-0.25, -0.2) is 0 Å². The van der Waals surface area contributed by atoms with E-state index in [1.54, 1.807) is 125 Å². The summed E-state index contributed by atoms with van der Waals surface area (Å²) in [5.74, 6) is 24.1. The number of ether oxygens (including phenoxy) is 5. The molecule has 0 radical (unpaired) electrons. The van der Waals surface area contributed by atoms with E-state index in [-0.39, 0.29) is 13.2 Å². The maximum absolute atomic E-state index is 8.54. The van der Waals surface area contributed by atoms with Gasteiger partial charge in [-0.2, -0.15) is 0 Å². The second-order valence-corrected chi connectivity index (χ2v) is 37.5. The molecule has 0 spiro atoms. The van der Waals surface area contributed by atoms with Gasteiger partial charge in [0.2, 0.25) is 0 Å². The second-order valence-electron chi connectivity index (χ2n) is 37.5. The van der Waals surface area contributed by atoms with Crippen LogP contribution < -0.4 is 23.7 Å². The van der Waals surface area contributed by atoms with Crippen molar-refractivity contribution in [3.05, 3.63) is 223 Å². The Hall–Kier alpha value is -6.54.